The SMILES string of the molecule is CC(C)N(C)S(=O)(=O)c1ccc2c(c1)CN(C(=O)Cn1cnnn1)CC2. The van der Waals surface area contributed by atoms with E-state index < -0.39 is 10.0 Å². The van der Waals surface area contributed by atoms with E-state index in [1.54, 1.807) is 24.1 Å². The summed E-state index contributed by atoms with van der Waals surface area (Å²) in [5.74, 6) is -0.101. The predicted octanol–water partition coefficient (Wildman–Crippen LogP) is 0.287. The molecule has 0 N–H and O–H groups in total. The summed E-state index contributed by atoms with van der Waals surface area (Å²) in [6, 6.07) is 5.04. The second-order valence-corrected chi connectivity index (χ2v) is 8.62. The van der Waals surface area contributed by atoms with Gasteiger partial charge in [-0.2, -0.15) is 4.31 Å². The van der Waals surface area contributed by atoms with Crippen molar-refractivity contribution in [3.8, 4) is 0 Å². The van der Waals surface area contributed by atoms with Crippen LogP contribution >= 0.6 is 0 Å². The smallest absolute Gasteiger partial charge is 0.244 e. The number of benzene rings is 1. The standard InChI is InChI=1S/C16H22N6O3S/c1-12(2)20(3)26(24,25)15-5-4-13-6-7-21(9-14(13)8-15)16(23)10-22-11-17-18-19-22/h4-5,8,11-12H,6-7,9-10H2,1-3H3. The molecule has 140 valence electrons. The molecule has 2 aromatic rings. The summed E-state index contributed by atoms with van der Waals surface area (Å²) in [7, 11) is -1.98. The highest BCUT2D eigenvalue weighted by Gasteiger charge is 2.26. The summed E-state index contributed by atoms with van der Waals surface area (Å²) in [5, 5.41) is 10.7. The minimum absolute atomic E-state index is 0.0659. The van der Waals surface area contributed by atoms with Gasteiger partial charge in [0.1, 0.15) is 12.9 Å². The number of aromatic nitrogens is 4. The maximum atomic E-state index is 12.7. The van der Waals surface area contributed by atoms with Crippen LogP contribution in [0.5, 0.6) is 0 Å². The van der Waals surface area contributed by atoms with Crippen molar-refractivity contribution in [3.63, 3.8) is 0 Å². The van der Waals surface area contributed by atoms with Crippen LogP contribution in [0, 0.1) is 0 Å². The highest BCUT2D eigenvalue weighted by Crippen LogP contribution is 2.25. The number of amides is 1. The lowest BCUT2D eigenvalue weighted by atomic mass is 10.00. The maximum Gasteiger partial charge on any atom is 0.244 e. The van der Waals surface area contributed by atoms with Gasteiger partial charge in [-0.1, -0.05) is 6.07 Å². The van der Waals surface area contributed by atoms with Crippen LogP contribution in [0.15, 0.2) is 29.4 Å². The number of rotatable bonds is 5. The number of hydrogen-bond donors (Lipinski definition) is 0. The third-order valence-corrected chi connectivity index (χ3v) is 6.67. The van der Waals surface area contributed by atoms with Crippen LogP contribution in [0.3, 0.4) is 0 Å². The Morgan fingerprint density at radius 1 is 1.31 bits per heavy atom. The van der Waals surface area contributed by atoms with Gasteiger partial charge in [-0.25, -0.2) is 13.1 Å². The summed E-state index contributed by atoms with van der Waals surface area (Å²) >= 11 is 0. The average Bonchev–Trinajstić information content (AvgIpc) is 3.12. The van der Waals surface area contributed by atoms with Crippen molar-refractivity contribution in [3.05, 3.63) is 35.7 Å². The fourth-order valence-electron chi connectivity index (χ4n) is 2.84. The Balaban J connectivity index is 1.81. The van der Waals surface area contributed by atoms with E-state index in [1.807, 2.05) is 19.9 Å². The first-order valence-electron chi connectivity index (χ1n) is 8.37. The van der Waals surface area contributed by atoms with Crippen LogP contribution in [-0.4, -0.2) is 63.4 Å². The third-order valence-electron chi connectivity index (χ3n) is 4.64. The summed E-state index contributed by atoms with van der Waals surface area (Å²) in [6.07, 6.45) is 2.08. The zero-order valence-corrected chi connectivity index (χ0v) is 15.8. The van der Waals surface area contributed by atoms with E-state index >= 15 is 0 Å². The molecule has 0 saturated carbocycles. The molecule has 3 rings (SSSR count). The molecule has 0 aliphatic carbocycles. The molecule has 1 aliphatic rings. The van der Waals surface area contributed by atoms with Crippen LogP contribution in [0.2, 0.25) is 0 Å². The molecule has 0 fully saturated rings. The molecule has 2 heterocycles. The van der Waals surface area contributed by atoms with Gasteiger partial charge in [0.2, 0.25) is 15.9 Å². The molecule has 0 atom stereocenters. The molecule has 10 heteroatoms. The van der Waals surface area contributed by atoms with Crippen LogP contribution < -0.4 is 0 Å². The third kappa shape index (κ3) is 3.61. The molecule has 0 radical (unpaired) electrons. The van der Waals surface area contributed by atoms with Crippen molar-refractivity contribution < 1.29 is 13.2 Å². The second kappa shape index (κ2) is 7.12. The van der Waals surface area contributed by atoms with Crippen LogP contribution in [0.1, 0.15) is 25.0 Å². The molecule has 1 amide bonds. The topological polar surface area (TPSA) is 101 Å². The molecule has 1 aliphatic heterocycles. The lowest BCUT2D eigenvalue weighted by molar-refractivity contribution is -0.133. The quantitative estimate of drug-likeness (QED) is 0.741. The highest BCUT2D eigenvalue weighted by molar-refractivity contribution is 7.89. The van der Waals surface area contributed by atoms with E-state index in [0.717, 1.165) is 11.1 Å². The monoisotopic (exact) mass is 378 g/mol. The van der Waals surface area contributed by atoms with Gasteiger partial charge >= 0.3 is 0 Å². The van der Waals surface area contributed by atoms with Gasteiger partial charge in [-0.3, -0.25) is 4.79 Å². The van der Waals surface area contributed by atoms with Gasteiger partial charge in [-0.15, -0.1) is 5.10 Å². The van der Waals surface area contributed by atoms with E-state index in [2.05, 4.69) is 15.5 Å². The number of fused-ring (bicyclic) bond motifs is 1. The lowest BCUT2D eigenvalue weighted by Gasteiger charge is -2.29. The molecular weight excluding hydrogens is 356 g/mol. The number of carbonyl (C=O) groups excluding carboxylic acids is 1. The van der Waals surface area contributed by atoms with Gasteiger partial charge in [-0.05, 0) is 54.0 Å². The van der Waals surface area contributed by atoms with Crippen molar-refractivity contribution in [2.45, 2.75) is 44.3 Å². The molecule has 1 aromatic heterocycles. The van der Waals surface area contributed by atoms with E-state index in [-0.39, 0.29) is 23.4 Å². The second-order valence-electron chi connectivity index (χ2n) is 6.62. The largest absolute Gasteiger partial charge is 0.336 e. The first-order valence-corrected chi connectivity index (χ1v) is 9.81. The predicted molar refractivity (Wildman–Crippen MR) is 93.5 cm³/mol. The van der Waals surface area contributed by atoms with Gasteiger partial charge < -0.3 is 4.90 Å². The summed E-state index contributed by atoms with van der Waals surface area (Å²) in [5.41, 5.74) is 1.93. The average molecular weight is 378 g/mol. The number of carbonyl (C=O) groups is 1. The van der Waals surface area contributed by atoms with Crippen molar-refractivity contribution in [1.29, 1.82) is 0 Å². The first kappa shape index (κ1) is 18.5. The zero-order valence-electron chi connectivity index (χ0n) is 15.0. The van der Waals surface area contributed by atoms with Gasteiger partial charge in [0.05, 0.1) is 4.90 Å². The Labute approximate surface area is 152 Å². The summed E-state index contributed by atoms with van der Waals surface area (Å²) in [6.45, 7) is 4.69. The van der Waals surface area contributed by atoms with Gasteiger partial charge in [0, 0.05) is 26.2 Å². The number of nitrogens with zero attached hydrogens (tertiary/aromatic N) is 6. The van der Waals surface area contributed by atoms with Crippen LogP contribution in [-0.2, 0) is 34.3 Å². The summed E-state index contributed by atoms with van der Waals surface area (Å²) in [4.78, 5) is 14.4. The molecule has 1 aromatic carbocycles. The Bertz CT molecular complexity index is 895. The minimum Gasteiger partial charge on any atom is -0.336 e. The maximum absolute atomic E-state index is 12.7. The van der Waals surface area contributed by atoms with Crippen LogP contribution in [0.4, 0.5) is 0 Å². The van der Waals surface area contributed by atoms with Crippen molar-refractivity contribution in [2.75, 3.05) is 13.6 Å². The minimum atomic E-state index is -3.55. The van der Waals surface area contributed by atoms with E-state index in [9.17, 15) is 13.2 Å². The van der Waals surface area contributed by atoms with Crippen molar-refractivity contribution >= 4 is 15.9 Å². The van der Waals surface area contributed by atoms with E-state index in [0.29, 0.717) is 19.5 Å². The molecule has 26 heavy (non-hydrogen) atoms. The number of hydrogen-bond acceptors (Lipinski definition) is 6. The lowest BCUT2D eigenvalue weighted by Crippen LogP contribution is -2.38. The van der Waals surface area contributed by atoms with Gasteiger partial charge in [0.25, 0.3) is 0 Å². The van der Waals surface area contributed by atoms with Crippen molar-refractivity contribution in [2.24, 2.45) is 0 Å². The molecule has 0 unspecified atom stereocenters. The number of sulfonamides is 1. The fourth-order valence-corrected chi connectivity index (χ4v) is 4.26. The Morgan fingerprint density at radius 2 is 2.08 bits per heavy atom. The van der Waals surface area contributed by atoms with Crippen molar-refractivity contribution in [1.82, 2.24) is 29.4 Å². The molecular formula is C16H22N6O3S. The first-order chi connectivity index (χ1) is 12.3. The zero-order chi connectivity index (χ0) is 18.9. The Hall–Kier alpha value is -2.33. The highest BCUT2D eigenvalue weighted by atomic mass is 32.2. The fraction of sp³-hybridized carbons (Fsp3) is 0.500. The van der Waals surface area contributed by atoms with E-state index in [4.69, 9.17) is 0 Å². The molecule has 9 nitrogen and oxygen atoms in total. The summed E-state index contributed by atoms with van der Waals surface area (Å²) < 4.78 is 28.1. The Kier molecular flexibility index (Phi) is 5.05. The normalized spacial score (nSPS) is 14.7. The van der Waals surface area contributed by atoms with E-state index in [1.165, 1.54) is 15.3 Å². The molecule has 0 spiro atoms. The molecule has 0 saturated heterocycles. The van der Waals surface area contributed by atoms with Crippen LogP contribution in [0.25, 0.3) is 0 Å². The Morgan fingerprint density at radius 3 is 2.73 bits per heavy atom. The van der Waals surface area contributed by atoms with Gasteiger partial charge in [0.15, 0.2) is 0 Å². The molecule has 0 bridgehead atoms. The number of tetrazole rings is 1.